The number of anilines is 2. The standard InChI is InChI=1S/C18H18ClN5O/c1-25-12-8-6-11(7-9-12)16-10-15(13-4-2-3-5-14(13)19)21-18-22-17(20)23-24(16)18/h2-9,15-16H,10H2,1H3,(H3,20,21,22,23)/t15-,16+/m0/s1. The van der Waals surface area contributed by atoms with Crippen LogP contribution in [0.5, 0.6) is 5.75 Å². The van der Waals surface area contributed by atoms with E-state index in [1.165, 1.54) is 0 Å². The molecule has 2 atom stereocenters. The predicted octanol–water partition coefficient (Wildman–Crippen LogP) is 3.67. The lowest BCUT2D eigenvalue weighted by Crippen LogP contribution is -2.28. The Morgan fingerprint density at radius 3 is 2.68 bits per heavy atom. The van der Waals surface area contributed by atoms with Crippen molar-refractivity contribution in [3.8, 4) is 5.75 Å². The molecule has 1 aliphatic rings. The highest BCUT2D eigenvalue weighted by molar-refractivity contribution is 6.31. The summed E-state index contributed by atoms with van der Waals surface area (Å²) >= 11 is 6.40. The van der Waals surface area contributed by atoms with Crippen molar-refractivity contribution in [2.75, 3.05) is 18.2 Å². The van der Waals surface area contributed by atoms with E-state index < -0.39 is 0 Å². The fraction of sp³-hybridized carbons (Fsp3) is 0.222. The summed E-state index contributed by atoms with van der Waals surface area (Å²) < 4.78 is 7.09. The molecule has 128 valence electrons. The zero-order valence-electron chi connectivity index (χ0n) is 13.7. The van der Waals surface area contributed by atoms with Crippen molar-refractivity contribution < 1.29 is 4.74 Å². The highest BCUT2D eigenvalue weighted by atomic mass is 35.5. The number of nitrogens with two attached hydrogens (primary N) is 1. The molecule has 0 radical (unpaired) electrons. The maximum Gasteiger partial charge on any atom is 0.241 e. The summed E-state index contributed by atoms with van der Waals surface area (Å²) in [6.07, 6.45) is 0.784. The molecular weight excluding hydrogens is 338 g/mol. The van der Waals surface area contributed by atoms with Gasteiger partial charge < -0.3 is 15.8 Å². The van der Waals surface area contributed by atoms with Crippen molar-refractivity contribution >= 4 is 23.5 Å². The van der Waals surface area contributed by atoms with Gasteiger partial charge in [0.25, 0.3) is 0 Å². The van der Waals surface area contributed by atoms with Gasteiger partial charge in [0, 0.05) is 5.02 Å². The van der Waals surface area contributed by atoms with Crippen molar-refractivity contribution in [3.05, 3.63) is 64.7 Å². The summed E-state index contributed by atoms with van der Waals surface area (Å²) in [6, 6.07) is 15.8. The third-order valence-electron chi connectivity index (χ3n) is 4.49. The minimum atomic E-state index is 0.00762. The molecule has 0 aliphatic carbocycles. The van der Waals surface area contributed by atoms with Gasteiger partial charge in [-0.15, -0.1) is 5.10 Å². The van der Waals surface area contributed by atoms with Crippen LogP contribution in [0.15, 0.2) is 48.5 Å². The molecule has 0 spiro atoms. The zero-order chi connectivity index (χ0) is 17.4. The lowest BCUT2D eigenvalue weighted by atomic mass is 9.93. The molecule has 1 aromatic heterocycles. The number of nitrogen functional groups attached to an aromatic ring is 1. The smallest absolute Gasteiger partial charge is 0.241 e. The number of ether oxygens (including phenoxy) is 1. The quantitative estimate of drug-likeness (QED) is 0.749. The zero-order valence-corrected chi connectivity index (χ0v) is 14.4. The summed E-state index contributed by atoms with van der Waals surface area (Å²) in [5.74, 6) is 1.72. The van der Waals surface area contributed by atoms with Crippen LogP contribution in [0.25, 0.3) is 0 Å². The Hall–Kier alpha value is -2.73. The molecule has 4 rings (SSSR count). The number of rotatable bonds is 3. The van der Waals surface area contributed by atoms with E-state index in [0.29, 0.717) is 5.95 Å². The second-order valence-electron chi connectivity index (χ2n) is 5.98. The Balaban J connectivity index is 1.75. The van der Waals surface area contributed by atoms with Crippen molar-refractivity contribution in [1.29, 1.82) is 0 Å². The molecule has 0 unspecified atom stereocenters. The molecule has 7 heteroatoms. The van der Waals surface area contributed by atoms with E-state index in [-0.39, 0.29) is 18.0 Å². The molecule has 1 aliphatic heterocycles. The van der Waals surface area contributed by atoms with Gasteiger partial charge in [-0.3, -0.25) is 0 Å². The summed E-state index contributed by atoms with van der Waals surface area (Å²) in [6.45, 7) is 0. The number of benzene rings is 2. The predicted molar refractivity (Wildman–Crippen MR) is 98.0 cm³/mol. The second kappa shape index (κ2) is 6.29. The van der Waals surface area contributed by atoms with Crippen molar-refractivity contribution in [2.45, 2.75) is 18.5 Å². The van der Waals surface area contributed by atoms with E-state index in [0.717, 1.165) is 28.3 Å². The molecule has 3 aromatic rings. The van der Waals surface area contributed by atoms with Crippen LogP contribution < -0.4 is 15.8 Å². The summed E-state index contributed by atoms with van der Waals surface area (Å²) in [5.41, 5.74) is 7.98. The summed E-state index contributed by atoms with van der Waals surface area (Å²) in [7, 11) is 1.66. The fourth-order valence-corrected chi connectivity index (χ4v) is 3.53. The highest BCUT2D eigenvalue weighted by Crippen LogP contribution is 2.40. The van der Waals surface area contributed by atoms with E-state index in [1.54, 1.807) is 7.11 Å². The van der Waals surface area contributed by atoms with E-state index in [9.17, 15) is 0 Å². The molecule has 3 N–H and O–H groups in total. The van der Waals surface area contributed by atoms with Crippen LogP contribution in [-0.4, -0.2) is 21.9 Å². The summed E-state index contributed by atoms with van der Waals surface area (Å²) in [4.78, 5) is 4.32. The molecule has 2 aromatic carbocycles. The molecule has 2 heterocycles. The van der Waals surface area contributed by atoms with Gasteiger partial charge in [0.2, 0.25) is 11.9 Å². The van der Waals surface area contributed by atoms with Crippen LogP contribution in [0, 0.1) is 0 Å². The normalized spacial score (nSPS) is 19.1. The number of fused-ring (bicyclic) bond motifs is 1. The van der Waals surface area contributed by atoms with Crippen molar-refractivity contribution in [2.24, 2.45) is 0 Å². The number of hydrogen-bond donors (Lipinski definition) is 2. The molecular formula is C18H18ClN5O. The van der Waals surface area contributed by atoms with Crippen LogP contribution in [0.1, 0.15) is 29.6 Å². The first-order chi connectivity index (χ1) is 12.2. The Labute approximate surface area is 150 Å². The topological polar surface area (TPSA) is 78.0 Å². The average Bonchev–Trinajstić information content (AvgIpc) is 3.01. The molecule has 0 fully saturated rings. The Bertz CT molecular complexity index is 893. The lowest BCUT2D eigenvalue weighted by Gasteiger charge is -2.32. The van der Waals surface area contributed by atoms with Crippen LogP contribution in [-0.2, 0) is 0 Å². The van der Waals surface area contributed by atoms with Crippen LogP contribution in [0.4, 0.5) is 11.9 Å². The molecule has 0 saturated heterocycles. The number of methoxy groups -OCH3 is 1. The average molecular weight is 356 g/mol. The molecule has 0 bridgehead atoms. The van der Waals surface area contributed by atoms with Crippen molar-refractivity contribution in [1.82, 2.24) is 14.8 Å². The van der Waals surface area contributed by atoms with Gasteiger partial charge in [-0.2, -0.15) is 4.98 Å². The third kappa shape index (κ3) is 2.89. The lowest BCUT2D eigenvalue weighted by molar-refractivity contribution is 0.411. The SMILES string of the molecule is COc1ccc([C@H]2C[C@@H](c3ccccc3Cl)Nc3nc(N)nn32)cc1. The maximum absolute atomic E-state index is 6.40. The van der Waals surface area contributed by atoms with Gasteiger partial charge in [0.15, 0.2) is 0 Å². The maximum atomic E-state index is 6.40. The minimum Gasteiger partial charge on any atom is -0.497 e. The fourth-order valence-electron chi connectivity index (χ4n) is 3.26. The van der Waals surface area contributed by atoms with Crippen LogP contribution >= 0.6 is 11.6 Å². The Morgan fingerprint density at radius 2 is 1.96 bits per heavy atom. The van der Waals surface area contributed by atoms with Gasteiger partial charge in [-0.05, 0) is 35.7 Å². The third-order valence-corrected chi connectivity index (χ3v) is 4.83. The van der Waals surface area contributed by atoms with Gasteiger partial charge >= 0.3 is 0 Å². The van der Waals surface area contributed by atoms with Gasteiger partial charge in [0.1, 0.15) is 5.75 Å². The first-order valence-corrected chi connectivity index (χ1v) is 8.40. The van der Waals surface area contributed by atoms with E-state index in [1.807, 2.05) is 53.2 Å². The Kier molecular flexibility index (Phi) is 3.97. The van der Waals surface area contributed by atoms with Gasteiger partial charge in [-0.25, -0.2) is 4.68 Å². The molecule has 0 saturated carbocycles. The summed E-state index contributed by atoms with van der Waals surface area (Å²) in [5, 5.41) is 8.49. The van der Waals surface area contributed by atoms with Crippen LogP contribution in [0.3, 0.4) is 0 Å². The molecule has 6 nitrogen and oxygen atoms in total. The Morgan fingerprint density at radius 1 is 1.20 bits per heavy atom. The number of aromatic nitrogens is 3. The highest BCUT2D eigenvalue weighted by Gasteiger charge is 2.31. The first kappa shape index (κ1) is 15.8. The number of hydrogen-bond acceptors (Lipinski definition) is 5. The van der Waals surface area contributed by atoms with E-state index in [2.05, 4.69) is 15.4 Å². The first-order valence-electron chi connectivity index (χ1n) is 8.02. The van der Waals surface area contributed by atoms with Crippen molar-refractivity contribution in [3.63, 3.8) is 0 Å². The number of nitrogens with zero attached hydrogens (tertiary/aromatic N) is 3. The van der Waals surface area contributed by atoms with Crippen LogP contribution in [0.2, 0.25) is 5.02 Å². The van der Waals surface area contributed by atoms with E-state index >= 15 is 0 Å². The molecule has 25 heavy (non-hydrogen) atoms. The van der Waals surface area contributed by atoms with E-state index in [4.69, 9.17) is 22.1 Å². The minimum absolute atomic E-state index is 0.00762. The van der Waals surface area contributed by atoms with Gasteiger partial charge in [0.05, 0.1) is 19.2 Å². The number of halogens is 1. The second-order valence-corrected chi connectivity index (χ2v) is 6.39. The van der Waals surface area contributed by atoms with Gasteiger partial charge in [-0.1, -0.05) is 41.9 Å². The molecule has 0 amide bonds. The monoisotopic (exact) mass is 355 g/mol. The number of nitrogens with one attached hydrogen (secondary N) is 1. The largest absolute Gasteiger partial charge is 0.497 e.